The minimum absolute atomic E-state index is 0.237. The summed E-state index contributed by atoms with van der Waals surface area (Å²) in [5, 5.41) is 3.95. The Labute approximate surface area is 129 Å². The van der Waals surface area contributed by atoms with Crippen molar-refractivity contribution >= 4 is 28.3 Å². The molecule has 0 spiro atoms. The molecule has 1 saturated heterocycles. The summed E-state index contributed by atoms with van der Waals surface area (Å²) < 4.78 is 9.04. The van der Waals surface area contributed by atoms with Crippen LogP contribution in [0, 0.1) is 0 Å². The summed E-state index contributed by atoms with van der Waals surface area (Å²) >= 11 is 1.20. The molecule has 3 N–H and O–H groups in total. The van der Waals surface area contributed by atoms with Crippen molar-refractivity contribution in [1.29, 1.82) is 0 Å². The van der Waals surface area contributed by atoms with Crippen molar-refractivity contribution in [3.8, 4) is 0 Å². The molecule has 0 unspecified atom stereocenters. The second-order valence-corrected chi connectivity index (χ2v) is 5.84. The maximum absolute atomic E-state index is 11.9. The molecule has 1 aromatic heterocycles. The van der Waals surface area contributed by atoms with Crippen molar-refractivity contribution in [3.63, 3.8) is 0 Å². The van der Waals surface area contributed by atoms with Crippen molar-refractivity contribution in [3.05, 3.63) is 5.56 Å². The third-order valence-electron chi connectivity index (χ3n) is 3.51. The molecule has 2 heterocycles. The second-order valence-electron chi connectivity index (χ2n) is 5.06. The lowest BCUT2D eigenvalue weighted by Gasteiger charge is -2.32. The standard InChI is InChI=1S/C13H23N5O2S/c1-3-20-13(19)10-11(14)16-21-12(10)15-4-5-18-8-6-17(2)7-9-18/h15H,3-9H2,1-2H3,(H2,14,16). The highest BCUT2D eigenvalue weighted by Crippen LogP contribution is 2.27. The predicted molar refractivity (Wildman–Crippen MR) is 84.9 cm³/mol. The van der Waals surface area contributed by atoms with Gasteiger partial charge in [-0.25, -0.2) is 4.79 Å². The maximum atomic E-state index is 11.9. The van der Waals surface area contributed by atoms with Crippen LogP contribution in [-0.2, 0) is 4.74 Å². The van der Waals surface area contributed by atoms with E-state index >= 15 is 0 Å². The smallest absolute Gasteiger partial charge is 0.344 e. The number of ether oxygens (including phenoxy) is 1. The number of piperazine rings is 1. The van der Waals surface area contributed by atoms with Gasteiger partial charge in [0, 0.05) is 39.3 Å². The van der Waals surface area contributed by atoms with Crippen molar-refractivity contribution < 1.29 is 9.53 Å². The number of aromatic nitrogens is 1. The van der Waals surface area contributed by atoms with Crippen LogP contribution in [0.25, 0.3) is 0 Å². The Kier molecular flexibility index (Phi) is 5.77. The van der Waals surface area contributed by atoms with Gasteiger partial charge in [0.25, 0.3) is 0 Å². The molecule has 0 bridgehead atoms. The van der Waals surface area contributed by atoms with Gasteiger partial charge in [-0.2, -0.15) is 4.37 Å². The Morgan fingerprint density at radius 2 is 2.14 bits per heavy atom. The number of hydrogen-bond donors (Lipinski definition) is 2. The number of rotatable bonds is 6. The zero-order valence-electron chi connectivity index (χ0n) is 12.6. The van der Waals surface area contributed by atoms with E-state index in [9.17, 15) is 4.79 Å². The quantitative estimate of drug-likeness (QED) is 0.742. The van der Waals surface area contributed by atoms with Gasteiger partial charge in [0.1, 0.15) is 10.6 Å². The maximum Gasteiger partial charge on any atom is 0.344 e. The number of nitrogens with two attached hydrogens (primary N) is 1. The largest absolute Gasteiger partial charge is 0.462 e. The highest BCUT2D eigenvalue weighted by molar-refractivity contribution is 7.11. The highest BCUT2D eigenvalue weighted by atomic mass is 32.1. The summed E-state index contributed by atoms with van der Waals surface area (Å²) in [5.74, 6) is -0.175. The molecular weight excluding hydrogens is 290 g/mol. The first-order valence-electron chi connectivity index (χ1n) is 7.18. The van der Waals surface area contributed by atoms with E-state index in [2.05, 4.69) is 26.5 Å². The molecule has 0 saturated carbocycles. The van der Waals surface area contributed by atoms with E-state index in [1.54, 1.807) is 6.92 Å². The average Bonchev–Trinajstić information content (AvgIpc) is 2.82. The van der Waals surface area contributed by atoms with Crippen LogP contribution < -0.4 is 11.1 Å². The number of carbonyl (C=O) groups excluding carboxylic acids is 1. The number of nitrogens with zero attached hydrogens (tertiary/aromatic N) is 3. The van der Waals surface area contributed by atoms with Crippen molar-refractivity contribution in [2.45, 2.75) is 6.92 Å². The minimum atomic E-state index is -0.411. The number of hydrogen-bond acceptors (Lipinski definition) is 8. The van der Waals surface area contributed by atoms with Crippen molar-refractivity contribution in [2.75, 3.05) is 64.0 Å². The SMILES string of the molecule is CCOC(=O)c1c(N)nsc1NCCN1CCN(C)CC1. The van der Waals surface area contributed by atoms with Gasteiger partial charge in [0.2, 0.25) is 0 Å². The fraction of sp³-hybridized carbons (Fsp3) is 0.692. The zero-order valence-corrected chi connectivity index (χ0v) is 13.4. The van der Waals surface area contributed by atoms with Gasteiger partial charge in [-0.05, 0) is 25.5 Å². The van der Waals surface area contributed by atoms with Crippen LogP contribution in [0.4, 0.5) is 10.8 Å². The number of nitrogens with one attached hydrogen (secondary N) is 1. The predicted octanol–water partition coefficient (Wildman–Crippen LogP) is 0.561. The Morgan fingerprint density at radius 3 is 2.81 bits per heavy atom. The van der Waals surface area contributed by atoms with Gasteiger partial charge in [-0.1, -0.05) is 0 Å². The van der Waals surface area contributed by atoms with Crippen LogP contribution in [0.3, 0.4) is 0 Å². The topological polar surface area (TPSA) is 83.7 Å². The monoisotopic (exact) mass is 313 g/mol. The lowest BCUT2D eigenvalue weighted by molar-refractivity contribution is 0.0529. The molecule has 1 aromatic rings. The second kappa shape index (κ2) is 7.58. The summed E-state index contributed by atoms with van der Waals surface area (Å²) in [7, 11) is 2.14. The van der Waals surface area contributed by atoms with Gasteiger partial charge < -0.3 is 20.7 Å². The van der Waals surface area contributed by atoms with Crippen LogP contribution >= 0.6 is 11.5 Å². The lowest BCUT2D eigenvalue weighted by atomic mass is 10.3. The first-order valence-corrected chi connectivity index (χ1v) is 7.96. The molecule has 0 atom stereocenters. The summed E-state index contributed by atoms with van der Waals surface area (Å²) in [4.78, 5) is 16.6. The molecule has 8 heteroatoms. The number of nitrogen functional groups attached to an aromatic ring is 1. The summed E-state index contributed by atoms with van der Waals surface area (Å²) in [5.41, 5.74) is 6.11. The zero-order chi connectivity index (χ0) is 15.2. The van der Waals surface area contributed by atoms with E-state index in [1.807, 2.05) is 0 Å². The van der Waals surface area contributed by atoms with Crippen LogP contribution in [0.2, 0.25) is 0 Å². The number of carbonyl (C=O) groups is 1. The molecule has 1 fully saturated rings. The number of anilines is 2. The highest BCUT2D eigenvalue weighted by Gasteiger charge is 2.20. The molecule has 1 aliphatic rings. The Bertz CT molecular complexity index is 471. The van der Waals surface area contributed by atoms with Crippen LogP contribution in [0.15, 0.2) is 0 Å². The summed E-state index contributed by atoms with van der Waals surface area (Å²) in [6.07, 6.45) is 0. The molecule has 0 aromatic carbocycles. The van der Waals surface area contributed by atoms with Crippen molar-refractivity contribution in [1.82, 2.24) is 14.2 Å². The van der Waals surface area contributed by atoms with E-state index in [-0.39, 0.29) is 5.82 Å². The first kappa shape index (κ1) is 16.0. The van der Waals surface area contributed by atoms with Crippen LogP contribution in [0.1, 0.15) is 17.3 Å². The van der Waals surface area contributed by atoms with Crippen LogP contribution in [-0.4, -0.2) is 73.1 Å². The molecule has 118 valence electrons. The molecular formula is C13H23N5O2S. The van der Waals surface area contributed by atoms with E-state index in [4.69, 9.17) is 10.5 Å². The number of likely N-dealkylation sites (N-methyl/N-ethyl adjacent to an activating group) is 1. The Balaban J connectivity index is 1.84. The van der Waals surface area contributed by atoms with Gasteiger partial charge in [0.05, 0.1) is 6.61 Å². The summed E-state index contributed by atoms with van der Waals surface area (Å²) in [6.45, 7) is 8.15. The molecule has 0 radical (unpaired) electrons. The number of esters is 1. The molecule has 21 heavy (non-hydrogen) atoms. The van der Waals surface area contributed by atoms with Crippen molar-refractivity contribution in [2.24, 2.45) is 0 Å². The molecule has 0 aliphatic carbocycles. The van der Waals surface area contributed by atoms with E-state index in [1.165, 1.54) is 11.5 Å². The van der Waals surface area contributed by atoms with Gasteiger partial charge >= 0.3 is 5.97 Å². The van der Waals surface area contributed by atoms with Gasteiger partial charge in [-0.15, -0.1) is 0 Å². The Morgan fingerprint density at radius 1 is 1.43 bits per heavy atom. The molecule has 7 nitrogen and oxygen atoms in total. The average molecular weight is 313 g/mol. The third-order valence-corrected chi connectivity index (χ3v) is 4.33. The fourth-order valence-electron chi connectivity index (χ4n) is 2.22. The van der Waals surface area contributed by atoms with Gasteiger partial charge in [-0.3, -0.25) is 4.90 Å². The third kappa shape index (κ3) is 4.29. The summed E-state index contributed by atoms with van der Waals surface area (Å²) in [6, 6.07) is 0. The van der Waals surface area contributed by atoms with Crippen LogP contribution in [0.5, 0.6) is 0 Å². The molecule has 1 aliphatic heterocycles. The Hall–Kier alpha value is -1.38. The lowest BCUT2D eigenvalue weighted by Crippen LogP contribution is -2.45. The first-order chi connectivity index (χ1) is 10.1. The van der Waals surface area contributed by atoms with E-state index in [0.717, 1.165) is 39.3 Å². The normalized spacial score (nSPS) is 16.9. The van der Waals surface area contributed by atoms with Gasteiger partial charge in [0.15, 0.2) is 5.82 Å². The molecule has 0 amide bonds. The molecule has 2 rings (SSSR count). The van der Waals surface area contributed by atoms with E-state index < -0.39 is 5.97 Å². The fourth-order valence-corrected chi connectivity index (χ4v) is 2.95. The van der Waals surface area contributed by atoms with E-state index in [0.29, 0.717) is 17.2 Å². The minimum Gasteiger partial charge on any atom is -0.462 e.